The molecule has 1 aromatic heterocycles. The van der Waals surface area contributed by atoms with Gasteiger partial charge in [-0.15, -0.1) is 23.7 Å². The first kappa shape index (κ1) is 20.6. The lowest BCUT2D eigenvalue weighted by atomic mass is 10.1. The van der Waals surface area contributed by atoms with E-state index in [0.717, 1.165) is 22.5 Å². The zero-order valence-corrected chi connectivity index (χ0v) is 15.4. The van der Waals surface area contributed by atoms with Gasteiger partial charge in [-0.25, -0.2) is 4.39 Å². The predicted molar refractivity (Wildman–Crippen MR) is 98.8 cm³/mol. The van der Waals surface area contributed by atoms with Crippen LogP contribution in [0.5, 0.6) is 0 Å². The van der Waals surface area contributed by atoms with Crippen LogP contribution >= 0.6 is 23.7 Å². The Labute approximate surface area is 151 Å². The zero-order chi connectivity index (χ0) is 16.7. The maximum absolute atomic E-state index is 13.0. The van der Waals surface area contributed by atoms with E-state index in [1.54, 1.807) is 19.2 Å². The van der Waals surface area contributed by atoms with Crippen LogP contribution in [0.15, 0.2) is 30.3 Å². The predicted octanol–water partition coefficient (Wildman–Crippen LogP) is 3.25. The topological polar surface area (TPSA) is 50.4 Å². The van der Waals surface area contributed by atoms with Crippen molar-refractivity contribution in [3.63, 3.8) is 0 Å². The Kier molecular flexibility index (Phi) is 8.92. The highest BCUT2D eigenvalue weighted by molar-refractivity contribution is 7.14. The molecule has 0 spiro atoms. The molecule has 0 radical (unpaired) electrons. The Bertz CT molecular complexity index is 647. The summed E-state index contributed by atoms with van der Waals surface area (Å²) in [5.74, 6) is -0.347. The number of aryl methyl sites for hydroxylation is 1. The van der Waals surface area contributed by atoms with Crippen LogP contribution in [-0.2, 0) is 4.74 Å². The number of nitrogens with one attached hydrogen (secondary N) is 2. The molecule has 0 aliphatic rings. The van der Waals surface area contributed by atoms with Gasteiger partial charge in [-0.2, -0.15) is 0 Å². The van der Waals surface area contributed by atoms with E-state index in [0.29, 0.717) is 24.6 Å². The smallest absolute Gasteiger partial charge is 0.261 e. The van der Waals surface area contributed by atoms with Gasteiger partial charge in [0.25, 0.3) is 5.91 Å². The normalized spacial score (nSPS) is 10.3. The number of carbonyl (C=O) groups is 1. The molecular weight excluding hydrogens is 351 g/mol. The van der Waals surface area contributed by atoms with E-state index in [2.05, 4.69) is 10.6 Å². The molecular formula is C17H22ClFN2O2S. The lowest BCUT2D eigenvalue weighted by Gasteiger charge is -2.05. The molecule has 2 rings (SSSR count). The van der Waals surface area contributed by atoms with Crippen molar-refractivity contribution < 1.29 is 13.9 Å². The van der Waals surface area contributed by atoms with Crippen molar-refractivity contribution in [2.45, 2.75) is 6.92 Å². The van der Waals surface area contributed by atoms with E-state index in [4.69, 9.17) is 4.74 Å². The number of hydrogen-bond donors (Lipinski definition) is 2. The first-order chi connectivity index (χ1) is 11.1. The van der Waals surface area contributed by atoms with Crippen molar-refractivity contribution in [1.29, 1.82) is 0 Å². The van der Waals surface area contributed by atoms with E-state index in [9.17, 15) is 9.18 Å². The molecule has 0 fully saturated rings. The molecule has 0 atom stereocenters. The van der Waals surface area contributed by atoms with Crippen LogP contribution in [0.4, 0.5) is 4.39 Å². The molecule has 4 nitrogen and oxygen atoms in total. The summed E-state index contributed by atoms with van der Waals surface area (Å²) in [5.41, 5.74) is 1.89. The third-order valence-corrected chi connectivity index (χ3v) is 4.42. The average molecular weight is 373 g/mol. The summed E-state index contributed by atoms with van der Waals surface area (Å²) in [7, 11) is 1.65. The van der Waals surface area contributed by atoms with Gasteiger partial charge in [-0.1, -0.05) is 12.1 Å². The van der Waals surface area contributed by atoms with E-state index < -0.39 is 0 Å². The number of hydrogen-bond acceptors (Lipinski definition) is 4. The Hall–Kier alpha value is -1.47. The molecule has 0 unspecified atom stereocenters. The summed E-state index contributed by atoms with van der Waals surface area (Å²) in [6.45, 7) is 4.64. The minimum Gasteiger partial charge on any atom is -0.383 e. The summed E-state index contributed by atoms with van der Waals surface area (Å²) < 4.78 is 17.9. The van der Waals surface area contributed by atoms with Crippen molar-refractivity contribution in [3.8, 4) is 11.1 Å². The van der Waals surface area contributed by atoms with E-state index in [1.165, 1.54) is 23.5 Å². The van der Waals surface area contributed by atoms with Crippen molar-refractivity contribution in [3.05, 3.63) is 45.9 Å². The van der Waals surface area contributed by atoms with Crippen molar-refractivity contribution in [1.82, 2.24) is 10.6 Å². The number of amides is 1. The average Bonchev–Trinajstić information content (AvgIpc) is 2.93. The van der Waals surface area contributed by atoms with Gasteiger partial charge < -0.3 is 15.4 Å². The van der Waals surface area contributed by atoms with Gasteiger partial charge in [0.2, 0.25) is 0 Å². The Balaban J connectivity index is 0.00000288. The maximum atomic E-state index is 13.0. The number of carbonyl (C=O) groups excluding carboxylic acids is 1. The van der Waals surface area contributed by atoms with Crippen LogP contribution in [0.25, 0.3) is 11.1 Å². The summed E-state index contributed by atoms with van der Waals surface area (Å²) in [4.78, 5) is 13.9. The van der Waals surface area contributed by atoms with Gasteiger partial charge in [0.15, 0.2) is 0 Å². The van der Waals surface area contributed by atoms with Crippen molar-refractivity contribution in [2.24, 2.45) is 0 Å². The quantitative estimate of drug-likeness (QED) is 0.699. The fourth-order valence-corrected chi connectivity index (χ4v) is 3.12. The molecule has 1 amide bonds. The van der Waals surface area contributed by atoms with E-state index in [-0.39, 0.29) is 24.1 Å². The van der Waals surface area contributed by atoms with Crippen LogP contribution in [-0.4, -0.2) is 39.3 Å². The molecule has 1 aromatic carbocycles. The number of ether oxygens (including phenoxy) is 1. The van der Waals surface area contributed by atoms with E-state index in [1.807, 2.05) is 13.0 Å². The highest BCUT2D eigenvalue weighted by Gasteiger charge is 2.13. The van der Waals surface area contributed by atoms with Gasteiger partial charge in [0, 0.05) is 31.6 Å². The number of thiophene rings is 1. The van der Waals surface area contributed by atoms with Crippen LogP contribution in [0.3, 0.4) is 0 Å². The fourth-order valence-electron chi connectivity index (χ4n) is 2.16. The van der Waals surface area contributed by atoms with Crippen LogP contribution < -0.4 is 10.6 Å². The number of benzene rings is 1. The largest absolute Gasteiger partial charge is 0.383 e. The summed E-state index contributed by atoms with van der Waals surface area (Å²) in [5, 5.41) is 6.05. The molecule has 2 aromatic rings. The number of rotatable bonds is 8. The Morgan fingerprint density at radius 2 is 1.92 bits per heavy atom. The first-order valence-electron chi connectivity index (χ1n) is 7.46. The third-order valence-electron chi connectivity index (χ3n) is 3.37. The van der Waals surface area contributed by atoms with Crippen LogP contribution in [0, 0.1) is 12.7 Å². The van der Waals surface area contributed by atoms with Gasteiger partial charge in [-0.05, 0) is 36.2 Å². The molecule has 1 heterocycles. The monoisotopic (exact) mass is 372 g/mol. The molecule has 0 bridgehead atoms. The summed E-state index contributed by atoms with van der Waals surface area (Å²) in [6, 6.07) is 8.17. The minimum atomic E-state index is -0.263. The molecule has 7 heteroatoms. The SMILES string of the molecule is COCCNCCNC(=O)c1cc(-c2ccc(F)cc2)c(C)s1.Cl. The third kappa shape index (κ3) is 5.87. The second kappa shape index (κ2) is 10.4. The lowest BCUT2D eigenvalue weighted by Crippen LogP contribution is -2.32. The van der Waals surface area contributed by atoms with Crippen molar-refractivity contribution >= 4 is 29.7 Å². The molecule has 132 valence electrons. The highest BCUT2D eigenvalue weighted by Crippen LogP contribution is 2.31. The molecule has 0 aliphatic heterocycles. The Morgan fingerprint density at radius 1 is 1.21 bits per heavy atom. The second-order valence-electron chi connectivity index (χ2n) is 5.09. The van der Waals surface area contributed by atoms with Crippen molar-refractivity contribution in [2.75, 3.05) is 33.4 Å². The highest BCUT2D eigenvalue weighted by atomic mass is 35.5. The van der Waals surface area contributed by atoms with Gasteiger partial charge in [0.05, 0.1) is 11.5 Å². The van der Waals surface area contributed by atoms with Gasteiger partial charge >= 0.3 is 0 Å². The minimum absolute atomic E-state index is 0. The van der Waals surface area contributed by atoms with Gasteiger partial charge in [0.1, 0.15) is 5.82 Å². The molecule has 0 saturated heterocycles. The number of halogens is 2. The fraction of sp³-hybridized carbons (Fsp3) is 0.353. The maximum Gasteiger partial charge on any atom is 0.261 e. The van der Waals surface area contributed by atoms with E-state index >= 15 is 0 Å². The molecule has 2 N–H and O–H groups in total. The first-order valence-corrected chi connectivity index (χ1v) is 8.27. The van der Waals surface area contributed by atoms with Gasteiger partial charge in [-0.3, -0.25) is 4.79 Å². The zero-order valence-electron chi connectivity index (χ0n) is 13.7. The molecule has 24 heavy (non-hydrogen) atoms. The standard InChI is InChI=1S/C17H21FN2O2S.ClH/c1-12-15(13-3-5-14(18)6-4-13)11-16(23-12)17(21)20-8-7-19-9-10-22-2;/h3-6,11,19H,7-10H2,1-2H3,(H,20,21);1H. The second-order valence-corrected chi connectivity index (χ2v) is 6.34. The summed E-state index contributed by atoms with van der Waals surface area (Å²) in [6.07, 6.45) is 0. The number of methoxy groups -OCH3 is 1. The molecule has 0 aliphatic carbocycles. The summed E-state index contributed by atoms with van der Waals surface area (Å²) >= 11 is 1.45. The Morgan fingerprint density at radius 3 is 2.58 bits per heavy atom. The van der Waals surface area contributed by atoms with Crippen LogP contribution in [0.2, 0.25) is 0 Å². The molecule has 0 saturated carbocycles. The lowest BCUT2D eigenvalue weighted by molar-refractivity contribution is 0.0957. The van der Waals surface area contributed by atoms with Crippen LogP contribution in [0.1, 0.15) is 14.5 Å².